The van der Waals surface area contributed by atoms with E-state index >= 15 is 0 Å². The van der Waals surface area contributed by atoms with E-state index in [0.29, 0.717) is 39.6 Å². The molecule has 14 heteroatoms. The molecule has 1 atom stereocenters. The Morgan fingerprint density at radius 3 is 2.19 bits per heavy atom. The standard InChI is InChI=1S/C39H49N7O5SSi/c1-24-23-45(36(48)50-38(2,3)4)32-31-26-12-13-28(29-22-25(16-21-53(9,10)11)40-35(42-29)44-19-17-43(8)18-20-44)41-27(26)14-15-30(31)52-33(32)34(47)46(24)37(49)51-39(5,6)7/h12-15,22,24H,17-20,23H2,1-11H3/t24-/m1/s1. The van der Waals surface area contributed by atoms with Crippen LogP contribution in [0.5, 0.6) is 0 Å². The molecule has 5 heterocycles. The van der Waals surface area contributed by atoms with Crippen LogP contribution in [-0.4, -0.2) is 108 Å². The monoisotopic (exact) mass is 755 g/mol. The summed E-state index contributed by atoms with van der Waals surface area (Å²) in [7, 11) is 0.435. The Balaban J connectivity index is 1.51. The van der Waals surface area contributed by atoms with Gasteiger partial charge in [-0.05, 0) is 79.8 Å². The van der Waals surface area contributed by atoms with E-state index < -0.39 is 43.4 Å². The van der Waals surface area contributed by atoms with Crippen molar-refractivity contribution in [2.45, 2.75) is 85.4 Å². The number of imide groups is 1. The molecule has 0 bridgehead atoms. The van der Waals surface area contributed by atoms with E-state index in [4.69, 9.17) is 24.4 Å². The zero-order valence-electron chi connectivity index (χ0n) is 32.6. The minimum absolute atomic E-state index is 0.0118. The number of fused-ring (bicyclic) bond motifs is 5. The van der Waals surface area contributed by atoms with Crippen LogP contribution in [0, 0.1) is 11.5 Å². The Bertz CT molecular complexity index is 2160. The first kappa shape index (κ1) is 38.2. The summed E-state index contributed by atoms with van der Waals surface area (Å²) in [5.74, 6) is 3.42. The first-order chi connectivity index (χ1) is 24.7. The summed E-state index contributed by atoms with van der Waals surface area (Å²) < 4.78 is 12.3. The van der Waals surface area contributed by atoms with Gasteiger partial charge in [0.05, 0.1) is 35.2 Å². The molecule has 0 radical (unpaired) electrons. The summed E-state index contributed by atoms with van der Waals surface area (Å²) in [6, 6.07) is 8.85. The number of carbonyl (C=O) groups excluding carboxylic acids is 3. The number of hydrogen-bond donors (Lipinski definition) is 0. The van der Waals surface area contributed by atoms with Crippen molar-refractivity contribution >= 4 is 70.1 Å². The SMILES string of the molecule is C[C@@H]1CN(C(=O)OC(C)(C)C)c2c(sc3ccc4nc(-c5cc(C#C[Si](C)(C)C)nc(N6CCN(C)CC6)n5)ccc4c23)C(=O)N1C(=O)OC(C)(C)C. The van der Waals surface area contributed by atoms with E-state index in [9.17, 15) is 14.4 Å². The highest BCUT2D eigenvalue weighted by molar-refractivity contribution is 7.21. The third-order valence-corrected chi connectivity index (χ3v) is 10.6. The zero-order valence-corrected chi connectivity index (χ0v) is 34.4. The number of likely N-dealkylation sites (N-methyl/N-ethyl adjacent to an activating group) is 1. The van der Waals surface area contributed by atoms with Gasteiger partial charge in [0.15, 0.2) is 0 Å². The first-order valence-electron chi connectivity index (χ1n) is 18.0. The van der Waals surface area contributed by atoms with E-state index in [1.54, 1.807) is 48.5 Å². The van der Waals surface area contributed by atoms with Gasteiger partial charge in [0.2, 0.25) is 5.95 Å². The topological polar surface area (TPSA) is 121 Å². The number of benzene rings is 1. The van der Waals surface area contributed by atoms with Crippen LogP contribution in [0.4, 0.5) is 21.2 Å². The van der Waals surface area contributed by atoms with Crippen molar-refractivity contribution in [1.82, 2.24) is 24.8 Å². The Kier molecular flexibility index (Phi) is 10.1. The largest absolute Gasteiger partial charge is 0.443 e. The molecule has 0 N–H and O–H groups in total. The number of pyridine rings is 1. The molecule has 1 aromatic carbocycles. The Labute approximate surface area is 316 Å². The van der Waals surface area contributed by atoms with Gasteiger partial charge in [-0.3, -0.25) is 9.69 Å². The van der Waals surface area contributed by atoms with Gasteiger partial charge in [-0.1, -0.05) is 25.6 Å². The van der Waals surface area contributed by atoms with Crippen molar-refractivity contribution in [1.29, 1.82) is 0 Å². The highest BCUT2D eigenvalue weighted by Crippen LogP contribution is 2.45. The van der Waals surface area contributed by atoms with E-state index in [1.165, 1.54) is 16.2 Å². The molecule has 2 aliphatic rings. The number of hydrogen-bond acceptors (Lipinski definition) is 11. The normalized spacial score (nSPS) is 17.4. The fourth-order valence-electron chi connectivity index (χ4n) is 6.16. The lowest BCUT2D eigenvalue weighted by Crippen LogP contribution is -2.49. The number of thiophene rings is 1. The lowest BCUT2D eigenvalue weighted by molar-refractivity contribution is 0.0182. The number of amides is 3. The van der Waals surface area contributed by atoms with Gasteiger partial charge in [-0.15, -0.1) is 16.9 Å². The fraction of sp³-hybridized carbons (Fsp3) is 0.487. The van der Waals surface area contributed by atoms with Crippen LogP contribution in [0.3, 0.4) is 0 Å². The summed E-state index contributed by atoms with van der Waals surface area (Å²) in [6.45, 7) is 22.4. The first-order valence-corrected chi connectivity index (χ1v) is 22.3. The number of carbonyl (C=O) groups is 3. The summed E-state index contributed by atoms with van der Waals surface area (Å²) in [4.78, 5) is 64.0. The highest BCUT2D eigenvalue weighted by Gasteiger charge is 2.42. The smallest absolute Gasteiger partial charge is 0.417 e. The Morgan fingerprint density at radius 2 is 1.55 bits per heavy atom. The average Bonchev–Trinajstić information content (AvgIpc) is 3.39. The second kappa shape index (κ2) is 14.0. The van der Waals surface area contributed by atoms with Gasteiger partial charge >= 0.3 is 12.2 Å². The minimum Gasteiger partial charge on any atom is -0.443 e. The number of rotatable bonds is 2. The van der Waals surface area contributed by atoms with Crippen molar-refractivity contribution in [3.63, 3.8) is 0 Å². The molecule has 2 aliphatic heterocycles. The molecule has 280 valence electrons. The van der Waals surface area contributed by atoms with Crippen LogP contribution in [0.25, 0.3) is 32.4 Å². The van der Waals surface area contributed by atoms with Crippen LogP contribution >= 0.6 is 11.3 Å². The minimum atomic E-state index is -1.68. The van der Waals surface area contributed by atoms with Crippen LogP contribution < -0.4 is 9.80 Å². The average molecular weight is 756 g/mol. The van der Waals surface area contributed by atoms with Gasteiger partial charge in [0, 0.05) is 47.7 Å². The molecule has 3 amide bonds. The van der Waals surface area contributed by atoms with Crippen molar-refractivity contribution < 1.29 is 23.9 Å². The van der Waals surface area contributed by atoms with E-state index in [-0.39, 0.29) is 11.4 Å². The molecule has 0 aliphatic carbocycles. The van der Waals surface area contributed by atoms with E-state index in [1.807, 2.05) is 30.3 Å². The molecule has 4 aromatic rings. The van der Waals surface area contributed by atoms with Crippen LogP contribution in [0.1, 0.15) is 63.8 Å². The summed E-state index contributed by atoms with van der Waals surface area (Å²) >= 11 is 1.23. The molecule has 53 heavy (non-hydrogen) atoms. The third kappa shape index (κ3) is 8.48. The number of piperazine rings is 1. The predicted octanol–water partition coefficient (Wildman–Crippen LogP) is 7.41. The van der Waals surface area contributed by atoms with E-state index in [2.05, 4.69) is 48.0 Å². The maximum atomic E-state index is 14.3. The predicted molar refractivity (Wildman–Crippen MR) is 214 cm³/mol. The molecule has 0 spiro atoms. The fourth-order valence-corrected chi connectivity index (χ4v) is 7.83. The molecule has 1 fully saturated rings. The summed E-state index contributed by atoms with van der Waals surface area (Å²) in [6.07, 6.45) is -1.38. The molecule has 0 unspecified atom stereocenters. The zero-order chi connectivity index (χ0) is 38.6. The van der Waals surface area contributed by atoms with Gasteiger partial charge < -0.3 is 19.3 Å². The van der Waals surface area contributed by atoms with Gasteiger partial charge in [-0.2, -0.15) is 0 Å². The molecule has 0 saturated carbocycles. The molecular weight excluding hydrogens is 707 g/mol. The number of anilines is 2. The quantitative estimate of drug-likeness (QED) is 0.151. The van der Waals surface area contributed by atoms with Crippen molar-refractivity contribution in [2.75, 3.05) is 49.6 Å². The Morgan fingerprint density at radius 1 is 0.887 bits per heavy atom. The molecule has 3 aromatic heterocycles. The lowest BCUT2D eigenvalue weighted by atomic mass is 10.1. The van der Waals surface area contributed by atoms with Crippen molar-refractivity contribution in [3.05, 3.63) is 40.9 Å². The maximum absolute atomic E-state index is 14.3. The lowest BCUT2D eigenvalue weighted by Gasteiger charge is -2.32. The van der Waals surface area contributed by atoms with E-state index in [0.717, 1.165) is 41.2 Å². The number of aromatic nitrogens is 3. The molecule has 1 saturated heterocycles. The number of ether oxygens (including phenoxy) is 2. The van der Waals surface area contributed by atoms with Crippen LogP contribution in [0.15, 0.2) is 30.3 Å². The van der Waals surface area contributed by atoms with Gasteiger partial charge in [0.1, 0.15) is 29.8 Å². The highest BCUT2D eigenvalue weighted by atomic mass is 32.1. The van der Waals surface area contributed by atoms with Crippen molar-refractivity contribution in [2.24, 2.45) is 0 Å². The number of nitrogens with zero attached hydrogens (tertiary/aromatic N) is 7. The van der Waals surface area contributed by atoms with Gasteiger partial charge in [-0.25, -0.2) is 29.4 Å². The second-order valence-corrected chi connectivity index (χ2v) is 22.6. The molecule has 6 rings (SSSR count). The third-order valence-electron chi connectivity index (χ3n) is 8.60. The van der Waals surface area contributed by atoms with Gasteiger partial charge in [0.25, 0.3) is 5.91 Å². The molecule has 12 nitrogen and oxygen atoms in total. The second-order valence-electron chi connectivity index (χ2n) is 16.8. The Hall–Kier alpha value is -4.58. The molecular formula is C39H49N7O5SSi. The van der Waals surface area contributed by atoms with Crippen LogP contribution in [0.2, 0.25) is 19.6 Å². The summed E-state index contributed by atoms with van der Waals surface area (Å²) in [5.41, 5.74) is 4.83. The summed E-state index contributed by atoms with van der Waals surface area (Å²) in [5, 5.41) is 1.43. The van der Waals surface area contributed by atoms with Crippen molar-refractivity contribution in [3.8, 4) is 22.9 Å². The maximum Gasteiger partial charge on any atom is 0.417 e. The van der Waals surface area contributed by atoms with Crippen LogP contribution in [-0.2, 0) is 9.47 Å².